The van der Waals surface area contributed by atoms with Crippen LogP contribution in [0.5, 0.6) is 5.75 Å². The largest absolute Gasteiger partial charge is 0.496 e. The molecule has 2 N–H and O–H groups in total. The molecule has 0 bridgehead atoms. The molecule has 1 aliphatic heterocycles. The molecule has 2 rings (SSSR count). The standard InChI is InChI=1S/C16H26N2O4S/c1-13-12-15(4-5-16(13)21-2)23(19,20)18-9-6-14(7-10-18)22-11-3-8-17/h4-5,12,14H,3,6-11,17H2,1-2H3. The minimum atomic E-state index is -3.46. The lowest BCUT2D eigenvalue weighted by Gasteiger charge is -2.31. The molecule has 1 aliphatic rings. The summed E-state index contributed by atoms with van der Waals surface area (Å²) in [5.74, 6) is 0.691. The van der Waals surface area contributed by atoms with Crippen LogP contribution in [0.1, 0.15) is 24.8 Å². The maximum Gasteiger partial charge on any atom is 0.243 e. The highest BCUT2D eigenvalue weighted by Crippen LogP contribution is 2.26. The summed E-state index contributed by atoms with van der Waals surface area (Å²) in [6.07, 6.45) is 2.41. The summed E-state index contributed by atoms with van der Waals surface area (Å²) >= 11 is 0. The third-order valence-electron chi connectivity index (χ3n) is 4.11. The van der Waals surface area contributed by atoms with Crippen LogP contribution in [-0.2, 0) is 14.8 Å². The predicted octanol–water partition coefficient (Wildman–Crippen LogP) is 1.52. The minimum absolute atomic E-state index is 0.130. The maximum atomic E-state index is 12.7. The average molecular weight is 342 g/mol. The van der Waals surface area contributed by atoms with Crippen molar-refractivity contribution in [2.24, 2.45) is 5.73 Å². The van der Waals surface area contributed by atoms with Crippen molar-refractivity contribution < 1.29 is 17.9 Å². The summed E-state index contributed by atoms with van der Waals surface area (Å²) in [6.45, 7) is 4.08. The first kappa shape index (κ1) is 18.2. The van der Waals surface area contributed by atoms with E-state index in [1.807, 2.05) is 6.92 Å². The van der Waals surface area contributed by atoms with Crippen molar-refractivity contribution in [3.8, 4) is 5.75 Å². The molecule has 0 unspecified atom stereocenters. The molecule has 0 saturated carbocycles. The van der Waals surface area contributed by atoms with Gasteiger partial charge in [0.1, 0.15) is 5.75 Å². The second-order valence-corrected chi connectivity index (χ2v) is 7.69. The molecular weight excluding hydrogens is 316 g/mol. The monoisotopic (exact) mass is 342 g/mol. The van der Waals surface area contributed by atoms with Crippen LogP contribution >= 0.6 is 0 Å². The summed E-state index contributed by atoms with van der Waals surface area (Å²) in [4.78, 5) is 0.318. The number of methoxy groups -OCH3 is 1. The Labute approximate surface area is 138 Å². The van der Waals surface area contributed by atoms with Crippen molar-refractivity contribution in [3.05, 3.63) is 23.8 Å². The highest BCUT2D eigenvalue weighted by Gasteiger charge is 2.29. The number of sulfonamides is 1. The number of rotatable bonds is 7. The van der Waals surface area contributed by atoms with Gasteiger partial charge in [-0.3, -0.25) is 0 Å². The topological polar surface area (TPSA) is 81.9 Å². The number of aryl methyl sites for hydroxylation is 1. The summed E-state index contributed by atoms with van der Waals surface area (Å²) in [5.41, 5.74) is 6.26. The van der Waals surface area contributed by atoms with Gasteiger partial charge in [0.15, 0.2) is 0 Å². The molecule has 1 saturated heterocycles. The van der Waals surface area contributed by atoms with Crippen molar-refractivity contribution in [1.82, 2.24) is 4.31 Å². The molecule has 1 heterocycles. The number of nitrogens with two attached hydrogens (primary N) is 1. The third kappa shape index (κ3) is 4.44. The molecule has 130 valence electrons. The Balaban J connectivity index is 2.00. The highest BCUT2D eigenvalue weighted by molar-refractivity contribution is 7.89. The average Bonchev–Trinajstić information content (AvgIpc) is 2.55. The smallest absolute Gasteiger partial charge is 0.243 e. The molecule has 1 aromatic carbocycles. The van der Waals surface area contributed by atoms with Gasteiger partial charge in [-0.05, 0) is 56.5 Å². The SMILES string of the molecule is COc1ccc(S(=O)(=O)N2CCC(OCCCN)CC2)cc1C. The van der Waals surface area contributed by atoms with Crippen LogP contribution in [0, 0.1) is 6.92 Å². The lowest BCUT2D eigenvalue weighted by Crippen LogP contribution is -2.41. The fraction of sp³-hybridized carbons (Fsp3) is 0.625. The van der Waals surface area contributed by atoms with E-state index in [9.17, 15) is 8.42 Å². The minimum Gasteiger partial charge on any atom is -0.496 e. The normalized spacial score (nSPS) is 17.3. The first-order valence-electron chi connectivity index (χ1n) is 7.95. The summed E-state index contributed by atoms with van der Waals surface area (Å²) < 4.78 is 37.9. The van der Waals surface area contributed by atoms with Gasteiger partial charge in [0.05, 0.1) is 18.1 Å². The van der Waals surface area contributed by atoms with Crippen LogP contribution in [0.25, 0.3) is 0 Å². The van der Waals surface area contributed by atoms with E-state index in [2.05, 4.69) is 0 Å². The molecule has 0 amide bonds. The molecular formula is C16H26N2O4S. The van der Waals surface area contributed by atoms with E-state index in [1.54, 1.807) is 25.3 Å². The van der Waals surface area contributed by atoms with E-state index in [4.69, 9.17) is 15.2 Å². The van der Waals surface area contributed by atoms with Crippen molar-refractivity contribution in [2.45, 2.75) is 37.2 Å². The molecule has 1 aromatic rings. The van der Waals surface area contributed by atoms with Crippen LogP contribution in [0.2, 0.25) is 0 Å². The predicted molar refractivity (Wildman–Crippen MR) is 89.1 cm³/mol. The lowest BCUT2D eigenvalue weighted by atomic mass is 10.1. The van der Waals surface area contributed by atoms with Gasteiger partial charge in [0.25, 0.3) is 0 Å². The molecule has 0 radical (unpaired) electrons. The first-order valence-corrected chi connectivity index (χ1v) is 9.39. The van der Waals surface area contributed by atoms with E-state index in [1.165, 1.54) is 4.31 Å². The van der Waals surface area contributed by atoms with Gasteiger partial charge < -0.3 is 15.2 Å². The Kier molecular flexibility index (Phi) is 6.41. The molecule has 0 spiro atoms. The highest BCUT2D eigenvalue weighted by atomic mass is 32.2. The van der Waals surface area contributed by atoms with Gasteiger partial charge in [-0.1, -0.05) is 0 Å². The molecule has 1 fully saturated rings. The zero-order valence-electron chi connectivity index (χ0n) is 13.8. The lowest BCUT2D eigenvalue weighted by molar-refractivity contribution is 0.0209. The number of piperidine rings is 1. The number of nitrogens with zero attached hydrogens (tertiary/aromatic N) is 1. The quantitative estimate of drug-likeness (QED) is 0.760. The number of benzene rings is 1. The van der Waals surface area contributed by atoms with Crippen LogP contribution in [0.4, 0.5) is 0 Å². The van der Waals surface area contributed by atoms with Crippen molar-refractivity contribution in [2.75, 3.05) is 33.4 Å². The summed E-state index contributed by atoms with van der Waals surface area (Å²) in [6, 6.07) is 4.97. The van der Waals surface area contributed by atoms with Gasteiger partial charge in [-0.25, -0.2) is 8.42 Å². The van der Waals surface area contributed by atoms with Gasteiger partial charge in [0.2, 0.25) is 10.0 Å². The molecule has 0 aromatic heterocycles. The fourth-order valence-electron chi connectivity index (χ4n) is 2.73. The fourth-order valence-corrected chi connectivity index (χ4v) is 4.29. The Morgan fingerprint density at radius 3 is 2.57 bits per heavy atom. The molecule has 23 heavy (non-hydrogen) atoms. The Bertz CT molecular complexity index is 611. The molecule has 7 heteroatoms. The summed E-state index contributed by atoms with van der Waals surface area (Å²) in [5, 5.41) is 0. The second-order valence-electron chi connectivity index (χ2n) is 5.75. The van der Waals surface area contributed by atoms with Crippen LogP contribution in [0.15, 0.2) is 23.1 Å². The van der Waals surface area contributed by atoms with Gasteiger partial charge in [0, 0.05) is 19.7 Å². The number of hydrogen-bond donors (Lipinski definition) is 1. The van der Waals surface area contributed by atoms with Crippen LogP contribution in [-0.4, -0.2) is 52.2 Å². The molecule has 0 atom stereocenters. The molecule has 6 nitrogen and oxygen atoms in total. The van der Waals surface area contributed by atoms with E-state index in [0.29, 0.717) is 36.9 Å². The maximum absolute atomic E-state index is 12.7. The summed E-state index contributed by atoms with van der Waals surface area (Å²) in [7, 11) is -1.88. The van der Waals surface area contributed by atoms with Gasteiger partial charge >= 0.3 is 0 Å². The van der Waals surface area contributed by atoms with Crippen LogP contribution in [0.3, 0.4) is 0 Å². The third-order valence-corrected chi connectivity index (χ3v) is 6.00. The van der Waals surface area contributed by atoms with Crippen LogP contribution < -0.4 is 10.5 Å². The van der Waals surface area contributed by atoms with Crippen molar-refractivity contribution in [1.29, 1.82) is 0 Å². The zero-order valence-corrected chi connectivity index (χ0v) is 14.6. The van der Waals surface area contributed by atoms with Crippen molar-refractivity contribution >= 4 is 10.0 Å². The molecule has 0 aliphatic carbocycles. The van der Waals surface area contributed by atoms with E-state index in [0.717, 1.165) is 24.8 Å². The number of hydrogen-bond acceptors (Lipinski definition) is 5. The Hall–Kier alpha value is -1.15. The van der Waals surface area contributed by atoms with Gasteiger partial charge in [-0.2, -0.15) is 4.31 Å². The second kappa shape index (κ2) is 8.10. The number of ether oxygens (including phenoxy) is 2. The van der Waals surface area contributed by atoms with Crippen molar-refractivity contribution in [3.63, 3.8) is 0 Å². The first-order chi connectivity index (χ1) is 11.0. The Morgan fingerprint density at radius 2 is 2.00 bits per heavy atom. The van der Waals surface area contributed by atoms with E-state index < -0.39 is 10.0 Å². The van der Waals surface area contributed by atoms with Gasteiger partial charge in [-0.15, -0.1) is 0 Å². The zero-order chi connectivity index (χ0) is 16.9. The van der Waals surface area contributed by atoms with E-state index >= 15 is 0 Å². The Morgan fingerprint density at radius 1 is 1.30 bits per heavy atom. The van der Waals surface area contributed by atoms with E-state index in [-0.39, 0.29) is 6.10 Å².